The lowest BCUT2D eigenvalue weighted by Crippen LogP contribution is -2.14. The van der Waals surface area contributed by atoms with Crippen LogP contribution in [0.2, 0.25) is 0 Å². The van der Waals surface area contributed by atoms with Crippen molar-refractivity contribution in [1.82, 2.24) is 0 Å². The van der Waals surface area contributed by atoms with Gasteiger partial charge in [-0.15, -0.1) is 0 Å². The van der Waals surface area contributed by atoms with Crippen LogP contribution in [0.4, 0.5) is 11.4 Å². The van der Waals surface area contributed by atoms with E-state index in [0.29, 0.717) is 35.2 Å². The number of sulfonamides is 1. The lowest BCUT2D eigenvalue weighted by Gasteiger charge is -2.11. The molecule has 0 heterocycles. The van der Waals surface area contributed by atoms with Crippen LogP contribution in [0.15, 0.2) is 71.6 Å². The van der Waals surface area contributed by atoms with Crippen molar-refractivity contribution < 1.29 is 17.9 Å². The fraction of sp³-hybridized carbons (Fsp3) is 0.269. The molecule has 0 saturated heterocycles. The number of hydrogen-bond donors (Lipinski definition) is 2. The van der Waals surface area contributed by atoms with Crippen LogP contribution >= 0.6 is 0 Å². The van der Waals surface area contributed by atoms with Gasteiger partial charge in [0.05, 0.1) is 11.5 Å². The van der Waals surface area contributed by atoms with Gasteiger partial charge >= 0.3 is 0 Å². The minimum atomic E-state index is -3.74. The smallest absolute Gasteiger partial charge is 0.261 e. The van der Waals surface area contributed by atoms with Crippen LogP contribution < -0.4 is 14.8 Å². The Morgan fingerprint density at radius 2 is 1.61 bits per heavy atom. The van der Waals surface area contributed by atoms with Crippen LogP contribution in [-0.2, 0) is 10.0 Å². The molecule has 6 nitrogen and oxygen atoms in total. The average Bonchev–Trinajstić information content (AvgIpc) is 2.76. The number of amides is 1. The van der Waals surface area contributed by atoms with E-state index in [1.165, 1.54) is 12.1 Å². The zero-order chi connectivity index (χ0) is 24.0. The number of carbonyl (C=O) groups is 1. The molecule has 0 bridgehead atoms. The van der Waals surface area contributed by atoms with Gasteiger partial charge in [-0.25, -0.2) is 8.42 Å². The van der Waals surface area contributed by atoms with E-state index in [1.807, 2.05) is 26.0 Å². The molecule has 0 spiro atoms. The maximum absolute atomic E-state index is 12.7. The van der Waals surface area contributed by atoms with Gasteiger partial charge in [0.15, 0.2) is 0 Å². The number of anilines is 2. The standard InChI is InChI=1S/C26H30N2O4S/c1-18(2)14-15-32-24-7-5-6-21(17-24)26(29)27-22-10-12-25(13-11-22)33(30,31)28-23-9-8-19(3)20(4)16-23/h5-13,16-18,28H,14-15H2,1-4H3,(H,27,29). The Kier molecular flexibility index (Phi) is 7.76. The summed E-state index contributed by atoms with van der Waals surface area (Å²) >= 11 is 0. The zero-order valence-electron chi connectivity index (χ0n) is 19.4. The minimum Gasteiger partial charge on any atom is -0.494 e. The maximum Gasteiger partial charge on any atom is 0.261 e. The van der Waals surface area contributed by atoms with Gasteiger partial charge in [-0.1, -0.05) is 26.0 Å². The first-order valence-electron chi connectivity index (χ1n) is 10.9. The highest BCUT2D eigenvalue weighted by atomic mass is 32.2. The molecule has 7 heteroatoms. The van der Waals surface area contributed by atoms with Crippen molar-refractivity contribution in [3.63, 3.8) is 0 Å². The molecule has 0 aromatic heterocycles. The largest absolute Gasteiger partial charge is 0.494 e. The SMILES string of the molecule is Cc1ccc(NS(=O)(=O)c2ccc(NC(=O)c3cccc(OCCC(C)C)c3)cc2)cc1C. The number of nitrogens with one attached hydrogen (secondary N) is 2. The lowest BCUT2D eigenvalue weighted by molar-refractivity contribution is 0.102. The highest BCUT2D eigenvalue weighted by Gasteiger charge is 2.15. The predicted molar refractivity (Wildman–Crippen MR) is 133 cm³/mol. The van der Waals surface area contributed by atoms with Crippen LogP contribution in [0.5, 0.6) is 5.75 Å². The first-order valence-corrected chi connectivity index (χ1v) is 12.4. The molecule has 2 N–H and O–H groups in total. The highest BCUT2D eigenvalue weighted by Crippen LogP contribution is 2.21. The second kappa shape index (κ2) is 10.5. The van der Waals surface area contributed by atoms with Gasteiger partial charge in [0.1, 0.15) is 5.75 Å². The monoisotopic (exact) mass is 466 g/mol. The Morgan fingerprint density at radius 1 is 0.909 bits per heavy atom. The number of carbonyl (C=O) groups excluding carboxylic acids is 1. The fourth-order valence-corrected chi connectivity index (χ4v) is 4.13. The second-order valence-corrected chi connectivity index (χ2v) is 10.1. The molecule has 0 saturated carbocycles. The number of hydrogen-bond acceptors (Lipinski definition) is 4. The zero-order valence-corrected chi connectivity index (χ0v) is 20.2. The third-order valence-electron chi connectivity index (χ3n) is 5.24. The number of aryl methyl sites for hydroxylation is 2. The van der Waals surface area contributed by atoms with Crippen LogP contribution in [0, 0.1) is 19.8 Å². The van der Waals surface area contributed by atoms with Gasteiger partial charge in [-0.05, 0) is 91.9 Å². The molecule has 3 aromatic rings. The van der Waals surface area contributed by atoms with Crippen LogP contribution in [0.25, 0.3) is 0 Å². The van der Waals surface area contributed by atoms with Crippen molar-refractivity contribution in [3.05, 3.63) is 83.4 Å². The molecule has 0 aliphatic carbocycles. The van der Waals surface area contributed by atoms with Crippen molar-refractivity contribution in [3.8, 4) is 5.75 Å². The van der Waals surface area contributed by atoms with Gasteiger partial charge in [-0.2, -0.15) is 0 Å². The molecule has 1 amide bonds. The maximum atomic E-state index is 12.7. The Hall–Kier alpha value is -3.32. The number of ether oxygens (including phenoxy) is 1. The van der Waals surface area contributed by atoms with Crippen LogP contribution in [0.3, 0.4) is 0 Å². The normalized spacial score (nSPS) is 11.3. The van der Waals surface area contributed by atoms with Gasteiger partial charge < -0.3 is 10.1 Å². The van der Waals surface area contributed by atoms with E-state index in [9.17, 15) is 13.2 Å². The summed E-state index contributed by atoms with van der Waals surface area (Å²) in [5, 5.41) is 2.79. The first-order chi connectivity index (χ1) is 15.6. The molecule has 33 heavy (non-hydrogen) atoms. The van der Waals surface area contributed by atoms with Gasteiger partial charge in [0.25, 0.3) is 15.9 Å². The molecule has 0 atom stereocenters. The molecular formula is C26H30N2O4S. The summed E-state index contributed by atoms with van der Waals surface area (Å²) in [6, 6.07) is 18.4. The Morgan fingerprint density at radius 3 is 2.27 bits per heavy atom. The lowest BCUT2D eigenvalue weighted by atomic mass is 10.1. The van der Waals surface area contributed by atoms with E-state index >= 15 is 0 Å². The summed E-state index contributed by atoms with van der Waals surface area (Å²) < 4.78 is 33.7. The third kappa shape index (κ3) is 6.83. The molecule has 0 unspecified atom stereocenters. The van der Waals surface area contributed by atoms with E-state index in [4.69, 9.17) is 4.74 Å². The molecule has 0 aliphatic heterocycles. The number of rotatable bonds is 9. The molecular weight excluding hydrogens is 436 g/mol. The van der Waals surface area contributed by atoms with Crippen molar-refractivity contribution in [2.24, 2.45) is 5.92 Å². The summed E-state index contributed by atoms with van der Waals surface area (Å²) in [5.74, 6) is 0.884. The molecule has 0 fully saturated rings. The van der Waals surface area contributed by atoms with Gasteiger partial charge in [0.2, 0.25) is 0 Å². The van der Waals surface area contributed by atoms with Crippen LogP contribution in [0.1, 0.15) is 41.8 Å². The van der Waals surface area contributed by atoms with Crippen LogP contribution in [-0.4, -0.2) is 20.9 Å². The summed E-state index contributed by atoms with van der Waals surface area (Å²) in [6.45, 7) is 8.75. The van der Waals surface area contributed by atoms with Crippen molar-refractivity contribution in [2.45, 2.75) is 39.0 Å². The fourth-order valence-electron chi connectivity index (χ4n) is 3.08. The van der Waals surface area contributed by atoms with E-state index < -0.39 is 10.0 Å². The second-order valence-electron chi connectivity index (χ2n) is 8.44. The topological polar surface area (TPSA) is 84.5 Å². The predicted octanol–water partition coefficient (Wildman–Crippen LogP) is 5.78. The Bertz CT molecular complexity index is 1220. The quantitative estimate of drug-likeness (QED) is 0.419. The first kappa shape index (κ1) is 24.3. The minimum absolute atomic E-state index is 0.110. The summed E-state index contributed by atoms with van der Waals surface area (Å²) in [4.78, 5) is 12.7. The average molecular weight is 467 g/mol. The summed E-state index contributed by atoms with van der Waals surface area (Å²) in [6.07, 6.45) is 0.935. The molecule has 0 aliphatic rings. The molecule has 3 rings (SSSR count). The molecule has 0 radical (unpaired) electrons. The number of benzene rings is 3. The van der Waals surface area contributed by atoms with Crippen molar-refractivity contribution in [2.75, 3.05) is 16.6 Å². The third-order valence-corrected chi connectivity index (χ3v) is 6.64. The van der Waals surface area contributed by atoms with E-state index in [-0.39, 0.29) is 10.8 Å². The highest BCUT2D eigenvalue weighted by molar-refractivity contribution is 7.92. The Balaban J connectivity index is 1.65. The van der Waals surface area contributed by atoms with E-state index in [0.717, 1.165) is 17.5 Å². The molecule has 174 valence electrons. The van der Waals surface area contributed by atoms with Gasteiger partial charge in [-0.3, -0.25) is 9.52 Å². The summed E-state index contributed by atoms with van der Waals surface area (Å²) in [7, 11) is -3.74. The van der Waals surface area contributed by atoms with E-state index in [1.54, 1.807) is 42.5 Å². The van der Waals surface area contributed by atoms with Crippen molar-refractivity contribution >= 4 is 27.3 Å². The Labute approximate surface area is 196 Å². The van der Waals surface area contributed by atoms with E-state index in [2.05, 4.69) is 23.9 Å². The summed E-state index contributed by atoms with van der Waals surface area (Å²) in [5.41, 5.74) is 3.56. The van der Waals surface area contributed by atoms with Gasteiger partial charge in [0, 0.05) is 16.9 Å². The molecule has 3 aromatic carbocycles. The van der Waals surface area contributed by atoms with Crippen molar-refractivity contribution in [1.29, 1.82) is 0 Å².